The number of rotatable bonds is 4. The second-order valence-electron chi connectivity index (χ2n) is 10.3. The van der Waals surface area contributed by atoms with E-state index in [1.807, 2.05) is 0 Å². The van der Waals surface area contributed by atoms with Gasteiger partial charge in [0.2, 0.25) is 23.3 Å². The number of allylic oxidation sites excluding steroid dienone is 4. The van der Waals surface area contributed by atoms with Crippen molar-refractivity contribution in [3.63, 3.8) is 0 Å². The molecule has 4 aromatic carbocycles. The van der Waals surface area contributed by atoms with Gasteiger partial charge in [0.25, 0.3) is 0 Å². The Hall–Kier alpha value is -6.06. The fourth-order valence-corrected chi connectivity index (χ4v) is 5.42. The lowest BCUT2D eigenvalue weighted by atomic mass is 9.72. The van der Waals surface area contributed by atoms with Crippen LogP contribution in [0.4, 0.5) is 87.8 Å². The van der Waals surface area contributed by atoms with Gasteiger partial charge in [0.15, 0.2) is 98.5 Å². The summed E-state index contributed by atoms with van der Waals surface area (Å²) < 4.78 is 298. The molecule has 274 valence electrons. The Morgan fingerprint density at radius 1 is 0.245 bits per heavy atom. The Morgan fingerprint density at radius 3 is 0.566 bits per heavy atom. The highest BCUT2D eigenvalue weighted by Crippen LogP contribution is 2.64. The van der Waals surface area contributed by atoms with Gasteiger partial charge < -0.3 is 0 Å². The molecule has 0 unspecified atom stereocenters. The van der Waals surface area contributed by atoms with Crippen molar-refractivity contribution in [2.24, 2.45) is 5.41 Å². The Morgan fingerprint density at radius 2 is 0.396 bits per heavy atom. The van der Waals surface area contributed by atoms with Crippen molar-refractivity contribution in [2.75, 3.05) is 0 Å². The molecule has 0 N–H and O–H groups in total. The van der Waals surface area contributed by atoms with Gasteiger partial charge in [-0.2, -0.15) is 10.5 Å². The van der Waals surface area contributed by atoms with Crippen LogP contribution in [-0.2, 0) is 0 Å². The highest BCUT2D eigenvalue weighted by Gasteiger charge is 2.56. The zero-order chi connectivity index (χ0) is 40.1. The standard InChI is InChI=1S/C31F20N2/c32-11-5(12(33)20(41)27(48)19(11)40)3-4(6-13(34)21(42)28(49)22(43)14(6)35)10(8-17(38)25(46)30(51)26(47)18(8)39)31(1-52,2-53)9(3)7-15(36)23(44)29(50)24(45)16(7)37. The van der Waals surface area contributed by atoms with Crippen LogP contribution in [-0.4, -0.2) is 0 Å². The molecule has 0 saturated carbocycles. The topological polar surface area (TPSA) is 47.6 Å². The lowest BCUT2D eigenvalue weighted by molar-refractivity contribution is 0.374. The van der Waals surface area contributed by atoms with Crippen LogP contribution in [0.1, 0.15) is 22.3 Å². The molecule has 0 amide bonds. The Labute approximate surface area is 277 Å². The van der Waals surface area contributed by atoms with Crippen molar-refractivity contribution in [3.05, 3.63) is 139 Å². The van der Waals surface area contributed by atoms with Gasteiger partial charge in [0.05, 0.1) is 34.4 Å². The molecule has 0 bridgehead atoms. The van der Waals surface area contributed by atoms with E-state index in [0.717, 1.165) is 0 Å². The zero-order valence-electron chi connectivity index (χ0n) is 24.0. The van der Waals surface area contributed by atoms with Crippen LogP contribution in [0.3, 0.4) is 0 Å². The van der Waals surface area contributed by atoms with E-state index in [-0.39, 0.29) is 0 Å². The summed E-state index contributed by atoms with van der Waals surface area (Å²) in [6.07, 6.45) is 0. The number of benzene rings is 4. The van der Waals surface area contributed by atoms with Gasteiger partial charge in [0, 0.05) is 22.3 Å². The fraction of sp³-hybridized carbons (Fsp3) is 0.0323. The summed E-state index contributed by atoms with van der Waals surface area (Å²) in [7, 11) is 0. The molecule has 5 rings (SSSR count). The van der Waals surface area contributed by atoms with E-state index < -0.39 is 166 Å². The zero-order valence-corrected chi connectivity index (χ0v) is 24.0. The highest BCUT2D eigenvalue weighted by atomic mass is 19.2. The summed E-state index contributed by atoms with van der Waals surface area (Å²) in [5.74, 6) is -65.7. The third kappa shape index (κ3) is 4.80. The van der Waals surface area contributed by atoms with E-state index in [1.54, 1.807) is 0 Å². The average Bonchev–Trinajstić information content (AvgIpc) is 3.41. The first-order chi connectivity index (χ1) is 24.6. The quantitative estimate of drug-likeness (QED) is 0.118. The van der Waals surface area contributed by atoms with Crippen LogP contribution in [0.25, 0.3) is 22.3 Å². The Balaban J connectivity index is 2.35. The second-order valence-corrected chi connectivity index (χ2v) is 10.3. The average molecular weight is 780 g/mol. The van der Waals surface area contributed by atoms with Gasteiger partial charge in [-0.3, -0.25) is 0 Å². The Kier molecular flexibility index (Phi) is 9.05. The normalized spacial score (nSPS) is 14.0. The maximum absolute atomic E-state index is 15.6. The molecular weight excluding hydrogens is 780 g/mol. The van der Waals surface area contributed by atoms with Gasteiger partial charge in [-0.05, 0) is 0 Å². The number of nitrogens with zero attached hydrogens (tertiary/aromatic N) is 2. The van der Waals surface area contributed by atoms with Crippen molar-refractivity contribution >= 4 is 22.3 Å². The molecule has 0 heterocycles. The maximum Gasteiger partial charge on any atom is 0.200 e. The molecule has 0 radical (unpaired) electrons. The number of hydrogen-bond acceptors (Lipinski definition) is 2. The first kappa shape index (κ1) is 38.2. The molecule has 2 nitrogen and oxygen atoms in total. The number of nitriles is 2. The second kappa shape index (κ2) is 12.6. The summed E-state index contributed by atoms with van der Waals surface area (Å²) in [6, 6.07) is 0.930. The van der Waals surface area contributed by atoms with Gasteiger partial charge in [-0.1, -0.05) is 0 Å². The first-order valence-electron chi connectivity index (χ1n) is 13.0. The van der Waals surface area contributed by atoms with Crippen molar-refractivity contribution in [3.8, 4) is 12.1 Å². The van der Waals surface area contributed by atoms with Gasteiger partial charge in [0.1, 0.15) is 0 Å². The molecule has 0 aromatic heterocycles. The molecule has 22 heteroatoms. The predicted molar refractivity (Wildman–Crippen MR) is 132 cm³/mol. The predicted octanol–water partition coefficient (Wildman–Crippen LogP) is 10.0. The van der Waals surface area contributed by atoms with Crippen molar-refractivity contribution in [1.29, 1.82) is 10.5 Å². The van der Waals surface area contributed by atoms with E-state index >= 15 is 35.1 Å². The van der Waals surface area contributed by atoms with Crippen molar-refractivity contribution < 1.29 is 87.8 Å². The van der Waals surface area contributed by atoms with E-state index in [1.165, 1.54) is 0 Å². The SMILES string of the molecule is N#CC1(C#N)C(c2c(F)c(F)c(F)c(F)c2F)=C(c2c(F)c(F)c(F)c(F)c2F)C(c2c(F)c(F)c(F)c(F)c2F)=C1c1c(F)c(F)c(F)c(F)c1F. The van der Waals surface area contributed by atoms with Crippen LogP contribution in [0.5, 0.6) is 0 Å². The minimum atomic E-state index is -4.82. The molecule has 1 aliphatic rings. The summed E-state index contributed by atoms with van der Waals surface area (Å²) in [5.41, 5.74) is -28.3. The van der Waals surface area contributed by atoms with Crippen LogP contribution in [0, 0.1) is 144 Å². The minimum Gasteiger partial charge on any atom is -0.203 e. The molecule has 4 aromatic rings. The van der Waals surface area contributed by atoms with Gasteiger partial charge in [-0.25, -0.2) is 87.8 Å². The molecule has 0 spiro atoms. The highest BCUT2D eigenvalue weighted by molar-refractivity contribution is 6.31. The third-order valence-electron chi connectivity index (χ3n) is 7.67. The van der Waals surface area contributed by atoms with Crippen LogP contribution in [0.2, 0.25) is 0 Å². The third-order valence-corrected chi connectivity index (χ3v) is 7.67. The fourth-order valence-electron chi connectivity index (χ4n) is 5.42. The summed E-state index contributed by atoms with van der Waals surface area (Å²) in [4.78, 5) is 0. The first-order valence-corrected chi connectivity index (χ1v) is 13.0. The molecule has 53 heavy (non-hydrogen) atoms. The largest absolute Gasteiger partial charge is 0.203 e. The lowest BCUT2D eigenvalue weighted by Gasteiger charge is -2.24. The molecule has 0 atom stereocenters. The Bertz CT molecular complexity index is 2250. The van der Waals surface area contributed by atoms with Gasteiger partial charge >= 0.3 is 0 Å². The molecule has 1 aliphatic carbocycles. The van der Waals surface area contributed by atoms with Crippen LogP contribution < -0.4 is 0 Å². The molecule has 0 aliphatic heterocycles. The summed E-state index contributed by atoms with van der Waals surface area (Å²) in [5, 5.41) is 20.4. The minimum absolute atomic E-state index is 0.465. The molecular formula is C31F20N2. The van der Waals surface area contributed by atoms with E-state index in [2.05, 4.69) is 0 Å². The maximum atomic E-state index is 15.6. The molecule has 0 fully saturated rings. The van der Waals surface area contributed by atoms with Crippen LogP contribution in [0.15, 0.2) is 0 Å². The van der Waals surface area contributed by atoms with Crippen molar-refractivity contribution in [2.45, 2.75) is 0 Å². The summed E-state index contributed by atoms with van der Waals surface area (Å²) in [6.45, 7) is 0. The number of halogens is 20. The molecule has 0 saturated heterocycles. The number of hydrogen-bond donors (Lipinski definition) is 0. The smallest absolute Gasteiger partial charge is 0.200 e. The monoisotopic (exact) mass is 780 g/mol. The van der Waals surface area contributed by atoms with Crippen molar-refractivity contribution in [1.82, 2.24) is 0 Å². The lowest BCUT2D eigenvalue weighted by Crippen LogP contribution is -2.23. The van der Waals surface area contributed by atoms with E-state index in [4.69, 9.17) is 0 Å². The van der Waals surface area contributed by atoms with E-state index in [0.29, 0.717) is 12.1 Å². The van der Waals surface area contributed by atoms with E-state index in [9.17, 15) is 63.2 Å². The van der Waals surface area contributed by atoms with Gasteiger partial charge in [-0.15, -0.1) is 0 Å². The van der Waals surface area contributed by atoms with Crippen LogP contribution >= 0.6 is 0 Å². The summed E-state index contributed by atoms with van der Waals surface area (Å²) >= 11 is 0.